The van der Waals surface area contributed by atoms with Crippen LogP contribution in [-0.4, -0.2) is 26.7 Å². The number of hydrogen-bond acceptors (Lipinski definition) is 3. The molecule has 2 aromatic carbocycles. The number of phenolic OH excluding ortho intramolecular Hbond substituents is 1. The Balaban J connectivity index is 1.88. The van der Waals surface area contributed by atoms with Crippen LogP contribution in [0.5, 0.6) is 5.75 Å². The van der Waals surface area contributed by atoms with Gasteiger partial charge in [0.05, 0.1) is 11.4 Å². The predicted octanol–water partition coefficient (Wildman–Crippen LogP) is 5.75. The van der Waals surface area contributed by atoms with Crippen LogP contribution in [0.4, 0.5) is 0 Å². The molecule has 1 aliphatic rings. The maximum atomic E-state index is 13.3. The second kappa shape index (κ2) is 8.15. The molecule has 3 aromatic rings. The second-order valence-electron chi connectivity index (χ2n) is 8.13. The third-order valence-corrected chi connectivity index (χ3v) is 6.47. The molecular formula is C24H24ClNO4. The van der Waals surface area contributed by atoms with E-state index in [1.807, 2.05) is 0 Å². The first kappa shape index (κ1) is 20.5. The van der Waals surface area contributed by atoms with E-state index >= 15 is 0 Å². The third kappa shape index (κ3) is 3.70. The summed E-state index contributed by atoms with van der Waals surface area (Å²) in [4.78, 5) is 25.6. The highest BCUT2D eigenvalue weighted by atomic mass is 35.5. The highest BCUT2D eigenvalue weighted by Crippen LogP contribution is 2.40. The molecule has 30 heavy (non-hydrogen) atoms. The lowest BCUT2D eigenvalue weighted by Gasteiger charge is -2.18. The van der Waals surface area contributed by atoms with Gasteiger partial charge in [0.25, 0.3) is 5.91 Å². The number of aromatic nitrogens is 1. The van der Waals surface area contributed by atoms with Gasteiger partial charge in [-0.05, 0) is 67.3 Å². The normalized spacial score (nSPS) is 15.5. The van der Waals surface area contributed by atoms with Gasteiger partial charge in [-0.1, -0.05) is 37.3 Å². The first-order valence-electron chi connectivity index (χ1n) is 10.2. The number of hydrogen-bond donors (Lipinski definition) is 2. The molecule has 1 aromatic heterocycles. The van der Waals surface area contributed by atoms with E-state index in [4.69, 9.17) is 11.6 Å². The van der Waals surface area contributed by atoms with Crippen molar-refractivity contribution in [2.75, 3.05) is 0 Å². The number of fused-ring (bicyclic) bond motifs is 1. The standard InChI is InChI=1S/C24H24ClNO4/c1-14-22(20(24(29)30)12-15-4-2-3-5-15)19-13-18(27)10-11-21(19)26(14)23(28)16-6-8-17(25)9-7-16/h6-11,13,15,20,27H,2-5,12H2,1H3,(H,29,30). The van der Waals surface area contributed by atoms with E-state index in [1.165, 1.54) is 6.07 Å². The lowest BCUT2D eigenvalue weighted by Crippen LogP contribution is -2.18. The Morgan fingerprint density at radius 3 is 2.43 bits per heavy atom. The van der Waals surface area contributed by atoms with Crippen LogP contribution in [0.1, 0.15) is 59.6 Å². The molecule has 1 heterocycles. The van der Waals surface area contributed by atoms with Crippen molar-refractivity contribution in [3.05, 3.63) is 64.3 Å². The van der Waals surface area contributed by atoms with Gasteiger partial charge in [0.1, 0.15) is 5.75 Å². The molecule has 0 amide bonds. The van der Waals surface area contributed by atoms with Crippen LogP contribution in [0, 0.1) is 12.8 Å². The van der Waals surface area contributed by atoms with Crippen LogP contribution >= 0.6 is 11.6 Å². The number of carbonyl (C=O) groups is 2. The van der Waals surface area contributed by atoms with Gasteiger partial charge in [0, 0.05) is 21.7 Å². The van der Waals surface area contributed by atoms with E-state index < -0.39 is 11.9 Å². The number of halogens is 1. The smallest absolute Gasteiger partial charge is 0.311 e. The van der Waals surface area contributed by atoms with Gasteiger partial charge in [-0.25, -0.2) is 0 Å². The topological polar surface area (TPSA) is 79.5 Å². The van der Waals surface area contributed by atoms with Gasteiger partial charge in [-0.15, -0.1) is 0 Å². The summed E-state index contributed by atoms with van der Waals surface area (Å²) in [6.07, 6.45) is 4.88. The van der Waals surface area contributed by atoms with Crippen molar-refractivity contribution in [2.24, 2.45) is 5.92 Å². The molecule has 0 bridgehead atoms. The molecule has 156 valence electrons. The van der Waals surface area contributed by atoms with Gasteiger partial charge in [-0.2, -0.15) is 0 Å². The molecule has 5 nitrogen and oxygen atoms in total. The van der Waals surface area contributed by atoms with E-state index in [9.17, 15) is 19.8 Å². The van der Waals surface area contributed by atoms with Gasteiger partial charge < -0.3 is 10.2 Å². The minimum absolute atomic E-state index is 0.0462. The number of aliphatic carboxylic acids is 1. The van der Waals surface area contributed by atoms with E-state index in [0.717, 1.165) is 25.7 Å². The van der Waals surface area contributed by atoms with E-state index in [2.05, 4.69) is 0 Å². The predicted molar refractivity (Wildman–Crippen MR) is 116 cm³/mol. The Bertz CT molecular complexity index is 1110. The molecule has 2 N–H and O–H groups in total. The number of nitrogens with zero attached hydrogens (tertiary/aromatic N) is 1. The molecule has 1 fully saturated rings. The summed E-state index contributed by atoms with van der Waals surface area (Å²) < 4.78 is 1.55. The number of carboxylic acids is 1. The molecular weight excluding hydrogens is 402 g/mol. The number of carbonyl (C=O) groups excluding carboxylic acids is 1. The quantitative estimate of drug-likeness (QED) is 0.545. The number of carboxylic acid groups (broad SMARTS) is 1. The zero-order valence-electron chi connectivity index (χ0n) is 16.8. The molecule has 1 unspecified atom stereocenters. The summed E-state index contributed by atoms with van der Waals surface area (Å²) in [7, 11) is 0. The van der Waals surface area contributed by atoms with E-state index in [0.29, 0.717) is 45.1 Å². The maximum Gasteiger partial charge on any atom is 0.311 e. The number of rotatable bonds is 5. The van der Waals surface area contributed by atoms with Crippen LogP contribution in [-0.2, 0) is 4.79 Å². The molecule has 1 aliphatic carbocycles. The molecule has 1 atom stereocenters. The van der Waals surface area contributed by atoms with E-state index in [1.54, 1.807) is 47.9 Å². The summed E-state index contributed by atoms with van der Waals surface area (Å²) in [6, 6.07) is 11.4. The fraction of sp³-hybridized carbons (Fsp3) is 0.333. The molecule has 6 heteroatoms. The number of benzene rings is 2. The SMILES string of the molecule is Cc1c(C(CC2CCCC2)C(=O)O)c2cc(O)ccc2n1C(=O)c1ccc(Cl)cc1. The highest BCUT2D eigenvalue weighted by Gasteiger charge is 2.32. The summed E-state index contributed by atoms with van der Waals surface area (Å²) >= 11 is 5.96. The van der Waals surface area contributed by atoms with Crippen LogP contribution < -0.4 is 0 Å². The van der Waals surface area contributed by atoms with Crippen molar-refractivity contribution in [1.82, 2.24) is 4.57 Å². The molecule has 0 aliphatic heterocycles. The summed E-state index contributed by atoms with van der Waals surface area (Å²) in [5.74, 6) is -1.46. The first-order chi connectivity index (χ1) is 14.4. The fourth-order valence-corrected chi connectivity index (χ4v) is 4.90. The highest BCUT2D eigenvalue weighted by molar-refractivity contribution is 6.30. The van der Waals surface area contributed by atoms with Crippen LogP contribution in [0.3, 0.4) is 0 Å². The van der Waals surface area contributed by atoms with Crippen molar-refractivity contribution in [3.63, 3.8) is 0 Å². The minimum atomic E-state index is -0.897. The third-order valence-electron chi connectivity index (χ3n) is 6.22. The van der Waals surface area contributed by atoms with Crippen molar-refractivity contribution < 1.29 is 19.8 Å². The summed E-state index contributed by atoms with van der Waals surface area (Å²) in [6.45, 7) is 1.78. The van der Waals surface area contributed by atoms with Crippen molar-refractivity contribution >= 4 is 34.4 Å². The zero-order chi connectivity index (χ0) is 21.4. The lowest BCUT2D eigenvalue weighted by molar-refractivity contribution is -0.139. The van der Waals surface area contributed by atoms with Gasteiger partial charge in [-0.3, -0.25) is 14.2 Å². The van der Waals surface area contributed by atoms with Crippen molar-refractivity contribution in [3.8, 4) is 5.75 Å². The largest absolute Gasteiger partial charge is 0.508 e. The Morgan fingerprint density at radius 1 is 1.13 bits per heavy atom. The Hall–Kier alpha value is -2.79. The van der Waals surface area contributed by atoms with E-state index in [-0.39, 0.29) is 11.7 Å². The van der Waals surface area contributed by atoms with Crippen molar-refractivity contribution in [2.45, 2.75) is 44.9 Å². The molecule has 0 saturated heterocycles. The maximum absolute atomic E-state index is 13.3. The van der Waals surface area contributed by atoms with Crippen LogP contribution in [0.15, 0.2) is 42.5 Å². The van der Waals surface area contributed by atoms with Crippen LogP contribution in [0.2, 0.25) is 5.02 Å². The molecule has 1 saturated carbocycles. The second-order valence-corrected chi connectivity index (χ2v) is 8.56. The fourth-order valence-electron chi connectivity index (χ4n) is 4.78. The van der Waals surface area contributed by atoms with Gasteiger partial charge >= 0.3 is 5.97 Å². The summed E-state index contributed by atoms with van der Waals surface area (Å²) in [5, 5.41) is 21.3. The van der Waals surface area contributed by atoms with Gasteiger partial charge in [0.2, 0.25) is 0 Å². The number of phenols is 1. The molecule has 0 spiro atoms. The Kier molecular flexibility index (Phi) is 5.56. The number of aromatic hydroxyl groups is 1. The molecule has 0 radical (unpaired) electrons. The first-order valence-corrected chi connectivity index (χ1v) is 10.6. The Labute approximate surface area is 179 Å². The minimum Gasteiger partial charge on any atom is -0.508 e. The van der Waals surface area contributed by atoms with Crippen molar-refractivity contribution in [1.29, 1.82) is 0 Å². The zero-order valence-corrected chi connectivity index (χ0v) is 17.5. The lowest BCUT2D eigenvalue weighted by atomic mass is 9.86. The monoisotopic (exact) mass is 425 g/mol. The van der Waals surface area contributed by atoms with Crippen LogP contribution in [0.25, 0.3) is 10.9 Å². The average Bonchev–Trinajstić information content (AvgIpc) is 3.31. The Morgan fingerprint density at radius 2 is 1.80 bits per heavy atom. The average molecular weight is 426 g/mol. The van der Waals surface area contributed by atoms with Gasteiger partial charge in [0.15, 0.2) is 0 Å². The molecule has 4 rings (SSSR count). The summed E-state index contributed by atoms with van der Waals surface area (Å²) in [5.41, 5.74) is 2.27.